The van der Waals surface area contributed by atoms with Crippen LogP contribution < -0.4 is 4.72 Å². The van der Waals surface area contributed by atoms with Crippen molar-refractivity contribution in [3.63, 3.8) is 0 Å². The Hall–Kier alpha value is -1.58. The summed E-state index contributed by atoms with van der Waals surface area (Å²) >= 11 is -1.32. The molecule has 0 fully saturated rings. The van der Waals surface area contributed by atoms with Crippen molar-refractivity contribution < 1.29 is 22.2 Å². The van der Waals surface area contributed by atoms with Crippen LogP contribution in [0.2, 0.25) is 0 Å². The van der Waals surface area contributed by atoms with Gasteiger partial charge >= 0.3 is 6.18 Å². The van der Waals surface area contributed by atoms with Crippen LogP contribution in [0.5, 0.6) is 0 Å². The van der Waals surface area contributed by atoms with Crippen LogP contribution in [0.25, 0.3) is 11.3 Å². The molecule has 0 aromatic carbocycles. The van der Waals surface area contributed by atoms with Gasteiger partial charge in [0.25, 0.3) is 0 Å². The first-order chi connectivity index (χ1) is 11.0. The van der Waals surface area contributed by atoms with Gasteiger partial charge in [-0.3, -0.25) is 4.98 Å². The van der Waals surface area contributed by atoms with E-state index >= 15 is 0 Å². The predicted octanol–water partition coefficient (Wildman–Crippen LogP) is 3.87. The number of aromatic nitrogens is 2. The first kappa shape index (κ1) is 18.8. The summed E-state index contributed by atoms with van der Waals surface area (Å²) in [6.45, 7) is 7.21. The van der Waals surface area contributed by atoms with E-state index in [-0.39, 0.29) is 11.3 Å². The van der Waals surface area contributed by atoms with E-state index in [0.717, 1.165) is 12.3 Å². The fraction of sp³-hybridized carbons (Fsp3) is 0.467. The van der Waals surface area contributed by atoms with Crippen molar-refractivity contribution in [2.45, 2.75) is 44.7 Å². The molecule has 0 saturated heterocycles. The Labute approximate surface area is 141 Å². The number of hydrogen-bond acceptors (Lipinski definition) is 5. The quantitative estimate of drug-likeness (QED) is 0.837. The summed E-state index contributed by atoms with van der Waals surface area (Å²) in [6, 6.07) is 3.44. The zero-order chi connectivity index (χ0) is 18.1. The number of nitrogens with one attached hydrogen (secondary N) is 1. The largest absolute Gasteiger partial charge is 0.598 e. The molecule has 2 aromatic rings. The van der Waals surface area contributed by atoms with Crippen molar-refractivity contribution in [2.24, 2.45) is 0 Å². The molecule has 0 saturated carbocycles. The molecule has 24 heavy (non-hydrogen) atoms. The van der Waals surface area contributed by atoms with Crippen molar-refractivity contribution in [1.29, 1.82) is 0 Å². The van der Waals surface area contributed by atoms with Crippen molar-refractivity contribution in [1.82, 2.24) is 14.9 Å². The molecule has 9 heteroatoms. The number of alkyl halides is 3. The molecule has 2 aromatic heterocycles. The minimum atomic E-state index is -4.53. The van der Waals surface area contributed by atoms with Gasteiger partial charge < -0.3 is 9.08 Å². The lowest BCUT2D eigenvalue weighted by atomic mass is 10.1. The summed E-state index contributed by atoms with van der Waals surface area (Å²) in [5.74, 6) is 0.382. The normalized spacial score (nSPS) is 15.3. The van der Waals surface area contributed by atoms with E-state index in [2.05, 4.69) is 14.9 Å². The van der Waals surface area contributed by atoms with Crippen LogP contribution in [0.1, 0.15) is 45.2 Å². The van der Waals surface area contributed by atoms with Crippen LogP contribution in [-0.2, 0) is 17.5 Å². The lowest BCUT2D eigenvalue weighted by Gasteiger charge is -2.25. The fourth-order valence-electron chi connectivity index (χ4n) is 1.77. The molecule has 5 nitrogen and oxygen atoms in total. The van der Waals surface area contributed by atoms with E-state index < -0.39 is 34.0 Å². The van der Waals surface area contributed by atoms with Gasteiger partial charge in [-0.15, -0.1) is 4.72 Å². The van der Waals surface area contributed by atoms with E-state index in [1.54, 1.807) is 6.92 Å². The van der Waals surface area contributed by atoms with Gasteiger partial charge in [-0.25, -0.2) is 0 Å². The van der Waals surface area contributed by atoms with Gasteiger partial charge in [-0.1, -0.05) is 5.16 Å². The van der Waals surface area contributed by atoms with Gasteiger partial charge in [-0.05, 0) is 39.8 Å². The highest BCUT2D eigenvalue weighted by Gasteiger charge is 2.33. The maximum absolute atomic E-state index is 12.7. The second kappa shape index (κ2) is 6.73. The first-order valence-corrected chi connectivity index (χ1v) is 8.32. The molecule has 0 aliphatic carbocycles. The van der Waals surface area contributed by atoms with Crippen LogP contribution in [-0.4, -0.2) is 19.4 Å². The van der Waals surface area contributed by atoms with Gasteiger partial charge in [0.1, 0.15) is 22.2 Å². The molecule has 2 heterocycles. The molecule has 0 radical (unpaired) electrons. The van der Waals surface area contributed by atoms with Crippen LogP contribution in [0.3, 0.4) is 0 Å². The molecule has 2 rings (SSSR count). The van der Waals surface area contributed by atoms with Gasteiger partial charge in [0.05, 0.1) is 0 Å². The zero-order valence-corrected chi connectivity index (χ0v) is 14.5. The second-order valence-corrected chi connectivity index (χ2v) is 8.26. The van der Waals surface area contributed by atoms with Gasteiger partial charge in [0.15, 0.2) is 5.76 Å². The number of rotatable bonds is 4. The second-order valence-electron chi connectivity index (χ2n) is 6.26. The maximum Gasteiger partial charge on any atom is 0.433 e. The number of hydrogen-bond donors (Lipinski definition) is 1. The van der Waals surface area contributed by atoms with Gasteiger partial charge in [-0.2, -0.15) is 13.2 Å². The van der Waals surface area contributed by atoms with Crippen molar-refractivity contribution in [3.8, 4) is 11.3 Å². The van der Waals surface area contributed by atoms with Crippen LogP contribution >= 0.6 is 0 Å². The minimum absolute atomic E-state index is 0.247. The standard InChI is InChI=1S/C15H18F3N3O2S/c1-9(21-24(22)14(2,3)4)12-8-11(20-23-12)10-5-6-19-13(7-10)15(16,17)18/h5-9,21H,1-4H3/t9?,24-/m1/s1. The Balaban J connectivity index is 2.19. The summed E-state index contributed by atoms with van der Waals surface area (Å²) < 4.78 is 57.9. The van der Waals surface area contributed by atoms with E-state index in [9.17, 15) is 17.7 Å². The summed E-state index contributed by atoms with van der Waals surface area (Å²) in [5, 5.41) is 3.79. The molecule has 2 atom stereocenters. The zero-order valence-electron chi connectivity index (χ0n) is 13.6. The monoisotopic (exact) mass is 361 g/mol. The average molecular weight is 361 g/mol. The Morgan fingerprint density at radius 1 is 1.25 bits per heavy atom. The summed E-state index contributed by atoms with van der Waals surface area (Å²) in [6.07, 6.45) is -3.45. The topological polar surface area (TPSA) is 74.0 Å². The van der Waals surface area contributed by atoms with Crippen molar-refractivity contribution >= 4 is 11.4 Å². The van der Waals surface area contributed by atoms with E-state index in [1.807, 2.05) is 20.8 Å². The first-order valence-electron chi connectivity index (χ1n) is 7.17. The molecule has 1 unspecified atom stereocenters. The van der Waals surface area contributed by atoms with Crippen molar-refractivity contribution in [2.75, 3.05) is 0 Å². The minimum Gasteiger partial charge on any atom is -0.598 e. The highest BCUT2D eigenvalue weighted by Crippen LogP contribution is 2.31. The SMILES string of the molecule is CC(N[S@+]([O-])C(C)(C)C)c1cc(-c2ccnc(C(F)(F)F)c2)no1. The number of halogens is 3. The molecule has 0 amide bonds. The Kier molecular flexibility index (Phi) is 5.26. The molecule has 0 aliphatic heterocycles. The molecule has 0 spiro atoms. The summed E-state index contributed by atoms with van der Waals surface area (Å²) in [4.78, 5) is 3.31. The van der Waals surface area contributed by atoms with E-state index in [4.69, 9.17) is 4.52 Å². The molecule has 0 aliphatic rings. The summed E-state index contributed by atoms with van der Waals surface area (Å²) in [5.41, 5.74) is -0.492. The molecule has 1 N–H and O–H groups in total. The van der Waals surface area contributed by atoms with E-state index in [1.165, 1.54) is 12.1 Å². The lowest BCUT2D eigenvalue weighted by Crippen LogP contribution is -2.40. The third-order valence-electron chi connectivity index (χ3n) is 3.14. The maximum atomic E-state index is 12.7. The van der Waals surface area contributed by atoms with E-state index in [0.29, 0.717) is 5.76 Å². The third-order valence-corrected chi connectivity index (χ3v) is 4.82. The molecule has 132 valence electrons. The average Bonchev–Trinajstić information content (AvgIpc) is 2.95. The van der Waals surface area contributed by atoms with Gasteiger partial charge in [0, 0.05) is 29.2 Å². The lowest BCUT2D eigenvalue weighted by molar-refractivity contribution is -0.141. The summed E-state index contributed by atoms with van der Waals surface area (Å²) in [7, 11) is 0. The highest BCUT2D eigenvalue weighted by molar-refractivity contribution is 7.90. The smallest absolute Gasteiger partial charge is 0.433 e. The van der Waals surface area contributed by atoms with Crippen LogP contribution in [0.15, 0.2) is 28.9 Å². The molecule has 0 bridgehead atoms. The number of nitrogens with zero attached hydrogens (tertiary/aromatic N) is 2. The number of pyridine rings is 1. The van der Waals surface area contributed by atoms with Crippen LogP contribution in [0.4, 0.5) is 13.2 Å². The highest BCUT2D eigenvalue weighted by atomic mass is 32.2. The molecular weight excluding hydrogens is 343 g/mol. The van der Waals surface area contributed by atoms with Gasteiger partial charge in [0.2, 0.25) is 0 Å². The predicted molar refractivity (Wildman–Crippen MR) is 84.2 cm³/mol. The van der Waals surface area contributed by atoms with Crippen molar-refractivity contribution in [3.05, 3.63) is 35.9 Å². The Morgan fingerprint density at radius 2 is 1.92 bits per heavy atom. The Bertz CT molecular complexity index is 698. The molecular formula is C15H18F3N3O2S. The third kappa shape index (κ3) is 4.49. The fourth-order valence-corrected chi connectivity index (χ4v) is 2.56. The van der Waals surface area contributed by atoms with Crippen LogP contribution in [0, 0.1) is 0 Å². The Morgan fingerprint density at radius 3 is 2.50 bits per heavy atom.